The second-order valence-electron chi connectivity index (χ2n) is 8.35. The molecular weight excluding hydrogens is 364 g/mol. The maximum absolute atomic E-state index is 12.6. The molecule has 1 saturated heterocycles. The molecule has 7 heteroatoms. The van der Waals surface area contributed by atoms with Crippen LogP contribution in [0.15, 0.2) is 30.5 Å². The number of nitrogens with one attached hydrogen (secondary N) is 1. The van der Waals surface area contributed by atoms with Crippen LogP contribution >= 0.6 is 0 Å². The van der Waals surface area contributed by atoms with E-state index in [1.807, 2.05) is 26.2 Å². The molecule has 1 amide bonds. The first-order valence-electron chi connectivity index (χ1n) is 10.4. The first-order valence-corrected chi connectivity index (χ1v) is 10.4. The van der Waals surface area contributed by atoms with Gasteiger partial charge < -0.3 is 9.88 Å². The first kappa shape index (κ1) is 19.6. The average Bonchev–Trinajstić information content (AvgIpc) is 3.21. The maximum Gasteiger partial charge on any atom is 0.238 e. The molecular formula is C22H30N6O. The monoisotopic (exact) mass is 394 g/mol. The molecule has 0 bridgehead atoms. The molecule has 0 spiro atoms. The number of benzene rings is 1. The van der Waals surface area contributed by atoms with Crippen molar-refractivity contribution < 1.29 is 4.79 Å². The second kappa shape index (κ2) is 7.99. The Bertz CT molecular complexity index is 1020. The molecule has 29 heavy (non-hydrogen) atoms. The topological polar surface area (TPSA) is 68.0 Å². The molecule has 0 radical (unpaired) electrons. The van der Waals surface area contributed by atoms with Crippen LogP contribution in [0.5, 0.6) is 0 Å². The summed E-state index contributed by atoms with van der Waals surface area (Å²) in [6.45, 7) is 8.52. The average molecular weight is 395 g/mol. The van der Waals surface area contributed by atoms with E-state index >= 15 is 0 Å². The summed E-state index contributed by atoms with van der Waals surface area (Å²) < 4.78 is 4.08. The normalized spacial score (nSPS) is 17.9. The smallest absolute Gasteiger partial charge is 0.238 e. The Morgan fingerprint density at radius 1 is 1.31 bits per heavy atom. The second-order valence-corrected chi connectivity index (χ2v) is 8.35. The number of carbonyl (C=O) groups is 1. The molecule has 1 aliphatic rings. The van der Waals surface area contributed by atoms with Crippen molar-refractivity contribution in [3.05, 3.63) is 42.0 Å². The van der Waals surface area contributed by atoms with Crippen LogP contribution in [-0.4, -0.2) is 49.8 Å². The van der Waals surface area contributed by atoms with Crippen molar-refractivity contribution in [1.82, 2.24) is 24.2 Å². The molecule has 7 nitrogen and oxygen atoms in total. The van der Waals surface area contributed by atoms with Gasteiger partial charge in [0, 0.05) is 31.7 Å². The van der Waals surface area contributed by atoms with Crippen molar-refractivity contribution in [2.75, 3.05) is 25.0 Å². The summed E-state index contributed by atoms with van der Waals surface area (Å²) in [7, 11) is 1.86. The van der Waals surface area contributed by atoms with Gasteiger partial charge in [-0.2, -0.15) is 5.10 Å². The van der Waals surface area contributed by atoms with Gasteiger partial charge in [0.05, 0.1) is 29.0 Å². The van der Waals surface area contributed by atoms with E-state index in [0.717, 1.165) is 48.7 Å². The zero-order valence-corrected chi connectivity index (χ0v) is 17.7. The molecule has 0 saturated carbocycles. The van der Waals surface area contributed by atoms with Crippen molar-refractivity contribution in [2.45, 2.75) is 45.6 Å². The van der Waals surface area contributed by atoms with Crippen LogP contribution in [-0.2, 0) is 11.8 Å². The number of carbonyl (C=O) groups excluding carboxylic acids is 1. The number of para-hydroxylation sites is 2. The molecule has 3 aromatic rings. The molecule has 1 N–H and O–H groups in total. The third-order valence-electron chi connectivity index (χ3n) is 5.66. The van der Waals surface area contributed by atoms with E-state index in [2.05, 4.69) is 51.9 Å². The fourth-order valence-corrected chi connectivity index (χ4v) is 4.42. The van der Waals surface area contributed by atoms with E-state index in [4.69, 9.17) is 4.98 Å². The SMILES string of the molecule is Cc1nn(C)cc1NC(=O)CN1CCC[C@@H](c2nc3ccccc3n2C(C)C)C1. The minimum absolute atomic E-state index is 0.0131. The lowest BCUT2D eigenvalue weighted by Crippen LogP contribution is -2.40. The Morgan fingerprint density at radius 3 is 2.83 bits per heavy atom. The lowest BCUT2D eigenvalue weighted by molar-refractivity contribution is -0.117. The number of aromatic nitrogens is 4. The van der Waals surface area contributed by atoms with Gasteiger partial charge in [-0.1, -0.05) is 12.1 Å². The predicted octanol–water partition coefficient (Wildman–Crippen LogP) is 3.48. The van der Waals surface area contributed by atoms with Crippen molar-refractivity contribution in [2.24, 2.45) is 7.05 Å². The molecule has 1 atom stereocenters. The highest BCUT2D eigenvalue weighted by Crippen LogP contribution is 2.31. The summed E-state index contributed by atoms with van der Waals surface area (Å²) in [6, 6.07) is 8.70. The minimum atomic E-state index is 0.0131. The summed E-state index contributed by atoms with van der Waals surface area (Å²) >= 11 is 0. The molecule has 0 unspecified atom stereocenters. The van der Waals surface area contributed by atoms with Crippen molar-refractivity contribution >= 4 is 22.6 Å². The number of nitrogens with zero attached hydrogens (tertiary/aromatic N) is 5. The Hall–Kier alpha value is -2.67. The number of amides is 1. The number of hydrogen-bond acceptors (Lipinski definition) is 4. The van der Waals surface area contributed by atoms with Crippen LogP contribution in [0.4, 0.5) is 5.69 Å². The Morgan fingerprint density at radius 2 is 2.10 bits per heavy atom. The molecule has 3 heterocycles. The van der Waals surface area contributed by atoms with Gasteiger partial charge in [0.25, 0.3) is 0 Å². The highest BCUT2D eigenvalue weighted by Gasteiger charge is 2.28. The van der Waals surface area contributed by atoms with Crippen molar-refractivity contribution in [3.63, 3.8) is 0 Å². The lowest BCUT2D eigenvalue weighted by Gasteiger charge is -2.32. The standard InChI is InChI=1S/C22H30N6O/c1-15(2)28-20-10-6-5-9-18(20)24-22(28)17-8-7-11-27(12-17)14-21(29)23-19-13-26(4)25-16(19)3/h5-6,9-10,13,15,17H,7-8,11-12,14H2,1-4H3,(H,23,29)/t17-/m1/s1. The fraction of sp³-hybridized carbons (Fsp3) is 0.500. The fourth-order valence-electron chi connectivity index (χ4n) is 4.42. The van der Waals surface area contributed by atoms with Gasteiger partial charge >= 0.3 is 0 Å². The molecule has 1 fully saturated rings. The number of rotatable bonds is 5. The molecule has 2 aromatic heterocycles. The Labute approximate surface area is 171 Å². The van der Waals surface area contributed by atoms with Crippen molar-refractivity contribution in [3.8, 4) is 0 Å². The molecule has 154 valence electrons. The zero-order chi connectivity index (χ0) is 20.5. The van der Waals surface area contributed by atoms with Crippen molar-refractivity contribution in [1.29, 1.82) is 0 Å². The number of imidazole rings is 1. The number of fused-ring (bicyclic) bond motifs is 1. The summed E-state index contributed by atoms with van der Waals surface area (Å²) in [5.74, 6) is 1.50. The van der Waals surface area contributed by atoms with Gasteiger partial charge in [0.15, 0.2) is 0 Å². The lowest BCUT2D eigenvalue weighted by atomic mass is 9.97. The summed E-state index contributed by atoms with van der Waals surface area (Å²) in [4.78, 5) is 19.8. The summed E-state index contributed by atoms with van der Waals surface area (Å²) in [5, 5.41) is 7.29. The number of piperidine rings is 1. The van der Waals surface area contributed by atoms with E-state index in [0.29, 0.717) is 18.5 Å². The van der Waals surface area contributed by atoms with Crippen LogP contribution in [0.1, 0.15) is 50.2 Å². The maximum atomic E-state index is 12.6. The Balaban J connectivity index is 1.49. The Kier molecular flexibility index (Phi) is 5.41. The molecule has 4 rings (SSSR count). The van der Waals surface area contributed by atoms with Gasteiger partial charge in [0.1, 0.15) is 5.82 Å². The van der Waals surface area contributed by atoms with Gasteiger partial charge in [-0.15, -0.1) is 0 Å². The zero-order valence-electron chi connectivity index (χ0n) is 17.7. The number of anilines is 1. The van der Waals surface area contributed by atoms with Crippen LogP contribution in [0.2, 0.25) is 0 Å². The molecule has 0 aliphatic carbocycles. The summed E-state index contributed by atoms with van der Waals surface area (Å²) in [6.07, 6.45) is 4.03. The largest absolute Gasteiger partial charge is 0.325 e. The number of aryl methyl sites for hydroxylation is 2. The van der Waals surface area contributed by atoms with E-state index in [9.17, 15) is 4.79 Å². The van der Waals surface area contributed by atoms with E-state index in [1.165, 1.54) is 5.52 Å². The summed E-state index contributed by atoms with van der Waals surface area (Å²) in [5.41, 5.74) is 3.87. The minimum Gasteiger partial charge on any atom is -0.325 e. The van der Waals surface area contributed by atoms with Gasteiger partial charge in [0.2, 0.25) is 5.91 Å². The van der Waals surface area contributed by atoms with E-state index in [1.54, 1.807) is 4.68 Å². The third kappa shape index (κ3) is 4.05. The van der Waals surface area contributed by atoms with E-state index < -0.39 is 0 Å². The van der Waals surface area contributed by atoms with Gasteiger partial charge in [-0.05, 0) is 52.3 Å². The van der Waals surface area contributed by atoms with Crippen LogP contribution in [0, 0.1) is 6.92 Å². The van der Waals surface area contributed by atoms with Crippen LogP contribution < -0.4 is 5.32 Å². The quantitative estimate of drug-likeness (QED) is 0.719. The number of hydrogen-bond donors (Lipinski definition) is 1. The number of likely N-dealkylation sites (tertiary alicyclic amines) is 1. The molecule has 1 aliphatic heterocycles. The predicted molar refractivity (Wildman–Crippen MR) is 115 cm³/mol. The van der Waals surface area contributed by atoms with Crippen LogP contribution in [0.3, 0.4) is 0 Å². The van der Waals surface area contributed by atoms with Crippen LogP contribution in [0.25, 0.3) is 11.0 Å². The first-order chi connectivity index (χ1) is 13.9. The van der Waals surface area contributed by atoms with E-state index in [-0.39, 0.29) is 5.91 Å². The highest BCUT2D eigenvalue weighted by atomic mass is 16.2. The molecule has 1 aromatic carbocycles. The highest BCUT2D eigenvalue weighted by molar-refractivity contribution is 5.92. The van der Waals surface area contributed by atoms with Gasteiger partial charge in [-0.3, -0.25) is 14.4 Å². The third-order valence-corrected chi connectivity index (χ3v) is 5.66. The van der Waals surface area contributed by atoms with Gasteiger partial charge in [-0.25, -0.2) is 4.98 Å².